The average Bonchev–Trinajstić information content (AvgIpc) is 3.60. The summed E-state index contributed by atoms with van der Waals surface area (Å²) in [5, 5.41) is 2.41. The number of hydrogen-bond acceptors (Lipinski definition) is 2. The Balaban J connectivity index is 1.19. The highest BCUT2D eigenvalue weighted by Crippen LogP contribution is 2.39. The Morgan fingerprint density at radius 3 is 1.25 bits per heavy atom. The standard InChI is InChI=1S/C52H37N3/c1-6-16-36(17-7-1)47-32-42(33-48(53-47)37-18-8-2-9-19-37)40-26-28-51-45(30-40)46-31-41(27-29-52(46)55(51)44-24-14-5-15-25-44)43-34-49(38-20-10-3-11-21-38)54-50(35-43)39-22-12-4-13-23-39/h1-3,5-12,14-35H,4,13H2. The molecule has 0 bridgehead atoms. The zero-order valence-corrected chi connectivity index (χ0v) is 30.3. The molecule has 0 fully saturated rings. The first-order valence-electron chi connectivity index (χ1n) is 19.0. The second-order valence-electron chi connectivity index (χ2n) is 14.1. The fraction of sp³-hybridized carbons (Fsp3) is 0.0385. The summed E-state index contributed by atoms with van der Waals surface area (Å²) in [6.45, 7) is 0. The largest absolute Gasteiger partial charge is 0.309 e. The smallest absolute Gasteiger partial charge is 0.0715 e. The van der Waals surface area contributed by atoms with Gasteiger partial charge in [-0.3, -0.25) is 0 Å². The van der Waals surface area contributed by atoms with Crippen molar-refractivity contribution < 1.29 is 0 Å². The Morgan fingerprint density at radius 1 is 0.364 bits per heavy atom. The molecule has 0 radical (unpaired) electrons. The van der Waals surface area contributed by atoms with E-state index >= 15 is 0 Å². The lowest BCUT2D eigenvalue weighted by molar-refractivity contribution is 1.04. The van der Waals surface area contributed by atoms with Crippen molar-refractivity contribution in [2.45, 2.75) is 12.8 Å². The van der Waals surface area contributed by atoms with E-state index in [2.05, 4.69) is 205 Å². The molecule has 3 heterocycles. The lowest BCUT2D eigenvalue weighted by atomic mass is 9.96. The number of fused-ring (bicyclic) bond motifs is 3. The summed E-state index contributed by atoms with van der Waals surface area (Å²) in [7, 11) is 0. The van der Waals surface area contributed by atoms with Crippen molar-refractivity contribution in [3.8, 4) is 61.7 Å². The Morgan fingerprint density at radius 2 is 0.800 bits per heavy atom. The van der Waals surface area contributed by atoms with Gasteiger partial charge in [-0.25, -0.2) is 9.97 Å². The Labute approximate surface area is 321 Å². The van der Waals surface area contributed by atoms with E-state index in [9.17, 15) is 0 Å². The number of benzene rings is 6. The Bertz CT molecular complexity index is 2830. The van der Waals surface area contributed by atoms with Gasteiger partial charge in [0.1, 0.15) is 0 Å². The Hall–Kier alpha value is -7.10. The van der Waals surface area contributed by atoms with E-state index in [0.29, 0.717) is 0 Å². The van der Waals surface area contributed by atoms with Gasteiger partial charge in [-0.05, 0) is 101 Å². The van der Waals surface area contributed by atoms with E-state index in [4.69, 9.17) is 9.97 Å². The summed E-state index contributed by atoms with van der Waals surface area (Å²) >= 11 is 0. The predicted octanol–water partition coefficient (Wildman–Crippen LogP) is 13.6. The lowest BCUT2D eigenvalue weighted by Crippen LogP contribution is -1.95. The van der Waals surface area contributed by atoms with Crippen LogP contribution in [0.3, 0.4) is 0 Å². The second kappa shape index (κ2) is 14.0. The summed E-state index contributed by atoms with van der Waals surface area (Å²) < 4.78 is 2.39. The quantitative estimate of drug-likeness (QED) is 0.165. The average molecular weight is 704 g/mol. The van der Waals surface area contributed by atoms with Crippen LogP contribution in [-0.2, 0) is 0 Å². The van der Waals surface area contributed by atoms with Crippen molar-refractivity contribution >= 4 is 27.4 Å². The molecule has 10 rings (SSSR count). The van der Waals surface area contributed by atoms with Crippen LogP contribution in [0, 0.1) is 0 Å². The van der Waals surface area contributed by atoms with Gasteiger partial charge in [0.15, 0.2) is 0 Å². The zero-order valence-electron chi connectivity index (χ0n) is 30.3. The van der Waals surface area contributed by atoms with E-state index in [1.165, 1.54) is 27.4 Å². The third kappa shape index (κ3) is 6.26. The molecule has 1 aliphatic rings. The first-order chi connectivity index (χ1) is 27.2. The molecule has 9 aromatic rings. The van der Waals surface area contributed by atoms with E-state index in [1.807, 2.05) is 0 Å². The molecule has 0 aliphatic heterocycles. The van der Waals surface area contributed by atoms with Gasteiger partial charge in [0.2, 0.25) is 0 Å². The summed E-state index contributed by atoms with van der Waals surface area (Å²) in [6.07, 6.45) is 8.88. The predicted molar refractivity (Wildman–Crippen MR) is 230 cm³/mol. The lowest BCUT2D eigenvalue weighted by Gasteiger charge is -2.13. The summed E-state index contributed by atoms with van der Waals surface area (Å²) in [5.74, 6) is 0. The molecular formula is C52H37N3. The highest BCUT2D eigenvalue weighted by atomic mass is 15.0. The SMILES string of the molecule is C1=CC(c2cc(-c3ccc4c(c3)c3cc(-c5cc(-c6ccccc6)nc(-c6ccccc6)c5)ccc3n4-c3ccccc3)cc(-c3ccccc3)n2)=CCC1. The summed E-state index contributed by atoms with van der Waals surface area (Å²) in [6, 6.07) is 64.9. The van der Waals surface area contributed by atoms with Crippen LogP contribution >= 0.6 is 0 Å². The Kier molecular flexibility index (Phi) is 8.31. The molecule has 3 nitrogen and oxygen atoms in total. The van der Waals surface area contributed by atoms with Crippen molar-refractivity contribution in [3.05, 3.63) is 206 Å². The van der Waals surface area contributed by atoms with Gasteiger partial charge in [0.05, 0.1) is 33.8 Å². The molecule has 0 atom stereocenters. The van der Waals surface area contributed by atoms with Crippen molar-refractivity contribution in [1.82, 2.24) is 14.5 Å². The monoisotopic (exact) mass is 703 g/mol. The molecule has 3 aromatic heterocycles. The number of pyridine rings is 2. The minimum atomic E-state index is 0.955. The maximum atomic E-state index is 5.18. The molecule has 0 saturated heterocycles. The molecule has 260 valence electrons. The van der Waals surface area contributed by atoms with Crippen LogP contribution < -0.4 is 0 Å². The maximum Gasteiger partial charge on any atom is 0.0715 e. The summed E-state index contributed by atoms with van der Waals surface area (Å²) in [4.78, 5) is 10.3. The number of nitrogens with zero attached hydrogens (tertiary/aromatic N) is 3. The van der Waals surface area contributed by atoms with Gasteiger partial charge in [-0.2, -0.15) is 0 Å². The third-order valence-corrected chi connectivity index (χ3v) is 10.6. The number of hydrogen-bond donors (Lipinski definition) is 0. The van der Waals surface area contributed by atoms with Crippen LogP contribution in [0.5, 0.6) is 0 Å². The van der Waals surface area contributed by atoms with Gasteiger partial charge in [0.25, 0.3) is 0 Å². The number of para-hydroxylation sites is 1. The van der Waals surface area contributed by atoms with Crippen LogP contribution in [0.25, 0.3) is 89.1 Å². The summed E-state index contributed by atoms with van der Waals surface area (Å²) in [5.41, 5.74) is 16.4. The minimum Gasteiger partial charge on any atom is -0.309 e. The first kappa shape index (κ1) is 32.5. The molecule has 6 aromatic carbocycles. The van der Waals surface area contributed by atoms with Crippen molar-refractivity contribution in [2.75, 3.05) is 0 Å². The highest BCUT2D eigenvalue weighted by Gasteiger charge is 2.17. The molecule has 0 N–H and O–H groups in total. The molecule has 1 aliphatic carbocycles. The number of rotatable bonds is 7. The van der Waals surface area contributed by atoms with Crippen LogP contribution in [-0.4, -0.2) is 14.5 Å². The maximum absolute atomic E-state index is 5.18. The fourth-order valence-corrected chi connectivity index (χ4v) is 7.85. The van der Waals surface area contributed by atoms with Crippen LogP contribution in [0.4, 0.5) is 0 Å². The first-order valence-corrected chi connectivity index (χ1v) is 19.0. The van der Waals surface area contributed by atoms with E-state index in [0.717, 1.165) is 80.2 Å². The molecule has 55 heavy (non-hydrogen) atoms. The van der Waals surface area contributed by atoms with Crippen molar-refractivity contribution in [3.63, 3.8) is 0 Å². The fourth-order valence-electron chi connectivity index (χ4n) is 7.85. The topological polar surface area (TPSA) is 30.7 Å². The van der Waals surface area contributed by atoms with Gasteiger partial charge >= 0.3 is 0 Å². The third-order valence-electron chi connectivity index (χ3n) is 10.6. The van der Waals surface area contributed by atoms with Gasteiger partial charge in [0, 0.05) is 33.2 Å². The molecule has 3 heteroatoms. The van der Waals surface area contributed by atoms with Gasteiger partial charge < -0.3 is 4.57 Å². The van der Waals surface area contributed by atoms with E-state index < -0.39 is 0 Å². The zero-order chi connectivity index (χ0) is 36.6. The van der Waals surface area contributed by atoms with Gasteiger partial charge in [-0.15, -0.1) is 0 Å². The van der Waals surface area contributed by atoms with Crippen LogP contribution in [0.2, 0.25) is 0 Å². The normalized spacial score (nSPS) is 12.6. The molecule has 0 unspecified atom stereocenters. The van der Waals surface area contributed by atoms with Crippen LogP contribution in [0.1, 0.15) is 18.5 Å². The molecule has 0 spiro atoms. The molecule has 0 saturated carbocycles. The molecule has 0 amide bonds. The molecular weight excluding hydrogens is 667 g/mol. The van der Waals surface area contributed by atoms with Gasteiger partial charge in [-0.1, -0.05) is 140 Å². The minimum absolute atomic E-state index is 0.955. The van der Waals surface area contributed by atoms with E-state index in [1.54, 1.807) is 0 Å². The van der Waals surface area contributed by atoms with Crippen molar-refractivity contribution in [1.29, 1.82) is 0 Å². The van der Waals surface area contributed by atoms with E-state index in [-0.39, 0.29) is 0 Å². The number of aromatic nitrogens is 3. The number of allylic oxidation sites excluding steroid dienone is 4. The second-order valence-corrected chi connectivity index (χ2v) is 14.1. The van der Waals surface area contributed by atoms with Crippen LogP contribution in [0.15, 0.2) is 200 Å². The van der Waals surface area contributed by atoms with Crippen molar-refractivity contribution in [2.24, 2.45) is 0 Å². The highest BCUT2D eigenvalue weighted by molar-refractivity contribution is 6.11.